The molecule has 0 fully saturated rings. The van der Waals surface area contributed by atoms with Crippen molar-refractivity contribution in [2.45, 2.75) is 25.8 Å². The summed E-state index contributed by atoms with van der Waals surface area (Å²) in [5.41, 5.74) is 6.81. The number of aromatic nitrogens is 2. The number of halogens is 2. The maximum Gasteiger partial charge on any atom is 0.225 e. The second-order valence-electron chi connectivity index (χ2n) is 8.52. The van der Waals surface area contributed by atoms with Crippen molar-refractivity contribution in [2.24, 2.45) is 0 Å². The Morgan fingerprint density at radius 3 is 2.60 bits per heavy atom. The van der Waals surface area contributed by atoms with Crippen molar-refractivity contribution in [3.05, 3.63) is 112 Å². The summed E-state index contributed by atoms with van der Waals surface area (Å²) in [7, 11) is 0. The van der Waals surface area contributed by atoms with Gasteiger partial charge in [-0.05, 0) is 53.8 Å². The van der Waals surface area contributed by atoms with Crippen molar-refractivity contribution >= 4 is 28.1 Å². The molecule has 2 aromatic heterocycles. The number of aryl methyl sites for hydroxylation is 1. The van der Waals surface area contributed by atoms with Crippen LogP contribution in [0, 0.1) is 18.6 Å². The maximum atomic E-state index is 13.9. The Kier molecular flexibility index (Phi) is 6.42. The van der Waals surface area contributed by atoms with Gasteiger partial charge < -0.3 is 10.3 Å². The predicted octanol–water partition coefficient (Wildman–Crippen LogP) is 6.52. The first kappa shape index (κ1) is 22.9. The third-order valence-electron chi connectivity index (χ3n) is 6.04. The number of carbonyl (C=O) groups is 1. The van der Waals surface area contributed by atoms with Gasteiger partial charge in [-0.25, -0.2) is 13.8 Å². The van der Waals surface area contributed by atoms with Crippen molar-refractivity contribution < 1.29 is 13.6 Å². The summed E-state index contributed by atoms with van der Waals surface area (Å²) in [6, 6.07) is 18.6. The molecule has 2 N–H and O–H groups in total. The van der Waals surface area contributed by atoms with Gasteiger partial charge in [0.05, 0.1) is 28.5 Å². The molecule has 1 amide bonds. The van der Waals surface area contributed by atoms with Crippen molar-refractivity contribution in [3.63, 3.8) is 0 Å². The summed E-state index contributed by atoms with van der Waals surface area (Å²) >= 11 is 1.48. The molecule has 4 nitrogen and oxygen atoms in total. The monoisotopic (exact) mass is 487 g/mol. The number of rotatable bonds is 7. The minimum Gasteiger partial charge on any atom is -0.361 e. The van der Waals surface area contributed by atoms with Crippen LogP contribution in [0.3, 0.4) is 0 Å². The number of hydrogen-bond acceptors (Lipinski definition) is 3. The van der Waals surface area contributed by atoms with Gasteiger partial charge >= 0.3 is 0 Å². The van der Waals surface area contributed by atoms with E-state index in [1.807, 2.05) is 61.7 Å². The van der Waals surface area contributed by atoms with Crippen molar-refractivity contribution in [1.82, 2.24) is 15.3 Å². The summed E-state index contributed by atoms with van der Waals surface area (Å²) in [6.07, 6.45) is 2.21. The van der Waals surface area contributed by atoms with Crippen molar-refractivity contribution in [3.8, 4) is 10.4 Å². The molecule has 2 heterocycles. The molecule has 0 radical (unpaired) electrons. The van der Waals surface area contributed by atoms with Gasteiger partial charge in [-0.15, -0.1) is 11.3 Å². The van der Waals surface area contributed by atoms with Crippen LogP contribution < -0.4 is 5.32 Å². The Morgan fingerprint density at radius 1 is 1.06 bits per heavy atom. The van der Waals surface area contributed by atoms with E-state index < -0.39 is 17.7 Å². The molecule has 3 aromatic carbocycles. The highest BCUT2D eigenvalue weighted by Crippen LogP contribution is 2.35. The fraction of sp³-hybridized carbons (Fsp3) is 0.143. The third-order valence-corrected chi connectivity index (χ3v) is 6.91. The second-order valence-corrected chi connectivity index (χ2v) is 9.37. The lowest BCUT2D eigenvalue weighted by Gasteiger charge is -2.20. The van der Waals surface area contributed by atoms with Gasteiger partial charge in [0.2, 0.25) is 5.91 Å². The van der Waals surface area contributed by atoms with Gasteiger partial charge in [-0.3, -0.25) is 4.79 Å². The molecular formula is C28H23F2N3OS. The Hall–Kier alpha value is -3.84. The molecule has 0 aliphatic carbocycles. The summed E-state index contributed by atoms with van der Waals surface area (Å²) < 4.78 is 27.9. The highest BCUT2D eigenvalue weighted by Gasteiger charge is 2.24. The van der Waals surface area contributed by atoms with E-state index in [1.54, 1.807) is 5.51 Å². The molecule has 35 heavy (non-hydrogen) atoms. The number of aromatic amines is 1. The summed E-state index contributed by atoms with van der Waals surface area (Å²) in [4.78, 5) is 21.9. The number of fused-ring (bicyclic) bond motifs is 1. The van der Waals surface area contributed by atoms with Crippen molar-refractivity contribution in [1.29, 1.82) is 0 Å². The van der Waals surface area contributed by atoms with Crippen LogP contribution in [0.1, 0.15) is 28.4 Å². The van der Waals surface area contributed by atoms with Gasteiger partial charge in [0.25, 0.3) is 0 Å². The van der Waals surface area contributed by atoms with E-state index in [9.17, 15) is 13.6 Å². The van der Waals surface area contributed by atoms with E-state index in [4.69, 9.17) is 0 Å². The van der Waals surface area contributed by atoms with Crippen LogP contribution in [0.4, 0.5) is 8.78 Å². The molecule has 0 spiro atoms. The maximum absolute atomic E-state index is 13.9. The molecule has 0 aliphatic rings. The molecule has 0 saturated heterocycles. The number of benzene rings is 3. The quantitative estimate of drug-likeness (QED) is 0.275. The molecule has 0 saturated carbocycles. The number of hydrogen-bond donors (Lipinski definition) is 2. The standard InChI is InChI=1S/C28H23F2N3OS/c1-17-6-2-3-7-22(17)28-27(32-16-35-28)25(12-18-10-20(29)14-21(30)11-18)33-26(34)13-19-15-31-24-9-5-4-8-23(19)24/h2-11,14-16,25,31H,12-13H2,1H3,(H,33,34). The molecule has 1 unspecified atom stereocenters. The van der Waals surface area contributed by atoms with Crippen LogP contribution in [0.2, 0.25) is 0 Å². The molecule has 7 heteroatoms. The Labute approximate surface area is 205 Å². The molecule has 5 aromatic rings. The molecule has 0 aliphatic heterocycles. The van der Waals surface area contributed by atoms with Gasteiger partial charge in [0.15, 0.2) is 0 Å². The van der Waals surface area contributed by atoms with Gasteiger partial charge in [-0.2, -0.15) is 0 Å². The van der Waals surface area contributed by atoms with Crippen LogP contribution in [-0.4, -0.2) is 15.9 Å². The second kappa shape index (κ2) is 9.80. The Balaban J connectivity index is 1.48. The third kappa shape index (κ3) is 5.00. The van der Waals surface area contributed by atoms with E-state index in [2.05, 4.69) is 15.3 Å². The molecule has 0 bridgehead atoms. The normalized spacial score (nSPS) is 12.1. The number of amides is 1. The van der Waals surface area contributed by atoms with Gasteiger partial charge in [0.1, 0.15) is 11.6 Å². The Morgan fingerprint density at radius 2 is 1.80 bits per heavy atom. The SMILES string of the molecule is Cc1ccccc1-c1scnc1C(Cc1cc(F)cc(F)c1)NC(=O)Cc1c[nH]c2ccccc12. The molecular weight excluding hydrogens is 464 g/mol. The Bertz CT molecular complexity index is 1490. The van der Waals surface area contributed by atoms with E-state index in [0.717, 1.165) is 38.5 Å². The largest absolute Gasteiger partial charge is 0.361 e. The number of nitrogens with zero attached hydrogens (tertiary/aromatic N) is 1. The topological polar surface area (TPSA) is 57.8 Å². The fourth-order valence-corrected chi connectivity index (χ4v) is 5.35. The lowest BCUT2D eigenvalue weighted by molar-refractivity contribution is -0.121. The minimum absolute atomic E-state index is 0.169. The van der Waals surface area contributed by atoms with E-state index in [0.29, 0.717) is 11.3 Å². The summed E-state index contributed by atoms with van der Waals surface area (Å²) in [5.74, 6) is -1.50. The van der Waals surface area contributed by atoms with Gasteiger partial charge in [0, 0.05) is 23.2 Å². The van der Waals surface area contributed by atoms with E-state index in [-0.39, 0.29) is 18.7 Å². The number of carbonyl (C=O) groups excluding carboxylic acids is 1. The zero-order chi connectivity index (χ0) is 24.4. The molecule has 1 atom stereocenters. The fourth-order valence-electron chi connectivity index (χ4n) is 4.41. The summed E-state index contributed by atoms with van der Waals surface area (Å²) in [5, 5.41) is 4.07. The number of H-pyrrole nitrogens is 1. The van der Waals surface area contributed by atoms with Gasteiger partial charge in [-0.1, -0.05) is 42.5 Å². The first-order chi connectivity index (χ1) is 17.0. The van der Waals surface area contributed by atoms with Crippen LogP contribution in [0.5, 0.6) is 0 Å². The number of para-hydroxylation sites is 1. The highest BCUT2D eigenvalue weighted by molar-refractivity contribution is 7.13. The first-order valence-corrected chi connectivity index (χ1v) is 12.1. The number of nitrogens with one attached hydrogen (secondary N) is 2. The zero-order valence-electron chi connectivity index (χ0n) is 19.0. The lowest BCUT2D eigenvalue weighted by Crippen LogP contribution is -2.31. The number of thiazole rings is 1. The summed E-state index contributed by atoms with van der Waals surface area (Å²) in [6.45, 7) is 2.02. The zero-order valence-corrected chi connectivity index (χ0v) is 19.8. The first-order valence-electron chi connectivity index (χ1n) is 11.3. The van der Waals surface area contributed by atoms with Crippen molar-refractivity contribution in [2.75, 3.05) is 0 Å². The molecule has 176 valence electrons. The smallest absolute Gasteiger partial charge is 0.225 e. The molecule has 5 rings (SSSR count). The highest BCUT2D eigenvalue weighted by atomic mass is 32.1. The lowest BCUT2D eigenvalue weighted by atomic mass is 9.98. The van der Waals surface area contributed by atoms with E-state index >= 15 is 0 Å². The average Bonchev–Trinajstić information content (AvgIpc) is 3.46. The van der Waals surface area contributed by atoms with Crippen LogP contribution in [0.25, 0.3) is 21.3 Å². The van der Waals surface area contributed by atoms with Crippen LogP contribution in [-0.2, 0) is 17.6 Å². The average molecular weight is 488 g/mol. The minimum atomic E-state index is -0.652. The predicted molar refractivity (Wildman–Crippen MR) is 135 cm³/mol. The van der Waals surface area contributed by atoms with Crippen LogP contribution in [0.15, 0.2) is 78.4 Å². The van der Waals surface area contributed by atoms with Crippen LogP contribution >= 0.6 is 11.3 Å². The van der Waals surface area contributed by atoms with E-state index in [1.165, 1.54) is 23.5 Å².